The van der Waals surface area contributed by atoms with Gasteiger partial charge < -0.3 is 10.5 Å². The molecule has 2 amide bonds. The van der Waals surface area contributed by atoms with E-state index in [1.807, 2.05) is 11.4 Å². The van der Waals surface area contributed by atoms with Gasteiger partial charge in [-0.05, 0) is 46.7 Å². The zero-order chi connectivity index (χ0) is 24.4. The number of imide groups is 1. The highest BCUT2D eigenvalue weighted by molar-refractivity contribution is 8.00. The molecule has 34 heavy (non-hydrogen) atoms. The van der Waals surface area contributed by atoms with Gasteiger partial charge in [0, 0.05) is 18.9 Å². The minimum absolute atomic E-state index is 0.0557. The molecule has 0 spiro atoms. The molecule has 3 heterocycles. The number of benzene rings is 1. The average Bonchev–Trinajstić information content (AvgIpc) is 3.42. The van der Waals surface area contributed by atoms with Gasteiger partial charge in [-0.2, -0.15) is 21.9 Å². The largest absolute Gasteiger partial charge is 0.427 e. The lowest BCUT2D eigenvalue weighted by atomic mass is 9.99. The van der Waals surface area contributed by atoms with Crippen LogP contribution in [-0.2, 0) is 14.4 Å². The van der Waals surface area contributed by atoms with Crippen LogP contribution in [0.4, 0.5) is 11.5 Å². The number of pyridine rings is 1. The number of rotatable bonds is 5. The molecule has 1 fully saturated rings. The van der Waals surface area contributed by atoms with Crippen molar-refractivity contribution in [2.75, 3.05) is 10.6 Å². The number of hydrogen-bond donors (Lipinski definition) is 1. The Bertz CT molecular complexity index is 1390. The summed E-state index contributed by atoms with van der Waals surface area (Å²) in [6, 6.07) is 11.8. The number of carbonyl (C=O) groups is 3. The summed E-state index contributed by atoms with van der Waals surface area (Å²) < 4.78 is 4.98. The Morgan fingerprint density at radius 1 is 1.21 bits per heavy atom. The van der Waals surface area contributed by atoms with Gasteiger partial charge in [-0.3, -0.25) is 14.4 Å². The molecular formula is C23H15N5O4S2. The highest BCUT2D eigenvalue weighted by atomic mass is 32.2. The van der Waals surface area contributed by atoms with Crippen molar-refractivity contribution in [2.24, 2.45) is 0 Å². The van der Waals surface area contributed by atoms with Gasteiger partial charge in [0.05, 0.1) is 16.5 Å². The molecule has 1 aliphatic rings. The fraction of sp³-hybridized carbons (Fsp3) is 0.130. The summed E-state index contributed by atoms with van der Waals surface area (Å²) in [6.45, 7) is 1.27. The van der Waals surface area contributed by atoms with Crippen LogP contribution in [0, 0.1) is 22.7 Å². The van der Waals surface area contributed by atoms with E-state index in [0.717, 1.165) is 16.7 Å². The summed E-state index contributed by atoms with van der Waals surface area (Å²) in [5.74, 6) is -1.14. The Balaban J connectivity index is 1.66. The van der Waals surface area contributed by atoms with Crippen molar-refractivity contribution in [1.82, 2.24) is 4.98 Å². The van der Waals surface area contributed by atoms with Crippen molar-refractivity contribution in [3.05, 3.63) is 52.2 Å². The zero-order valence-electron chi connectivity index (χ0n) is 17.6. The Hall–Kier alpha value is -4.19. The second-order valence-corrected chi connectivity index (χ2v) is 9.10. The third kappa shape index (κ3) is 4.22. The van der Waals surface area contributed by atoms with Gasteiger partial charge in [-0.15, -0.1) is 0 Å². The second kappa shape index (κ2) is 9.35. The number of ether oxygens (including phenoxy) is 1. The Labute approximate surface area is 202 Å². The van der Waals surface area contributed by atoms with Crippen molar-refractivity contribution >= 4 is 52.4 Å². The SMILES string of the molecule is CC(=O)Oc1ccc(N2C(=O)CC(Sc3nc(N)c(C#N)c(-c4ccsc4)c3C#N)C2=O)cc1. The lowest BCUT2D eigenvalue weighted by molar-refractivity contribution is -0.132. The van der Waals surface area contributed by atoms with E-state index >= 15 is 0 Å². The zero-order valence-corrected chi connectivity index (χ0v) is 19.3. The van der Waals surface area contributed by atoms with Crippen LogP contribution in [0.25, 0.3) is 11.1 Å². The summed E-state index contributed by atoms with van der Waals surface area (Å²) in [5, 5.41) is 22.4. The Morgan fingerprint density at radius 2 is 1.91 bits per heavy atom. The molecule has 1 aromatic carbocycles. The average molecular weight is 490 g/mol. The molecule has 0 bridgehead atoms. The molecule has 1 unspecified atom stereocenters. The number of aromatic nitrogens is 1. The topological polar surface area (TPSA) is 150 Å². The van der Waals surface area contributed by atoms with Gasteiger partial charge in [0.15, 0.2) is 0 Å². The fourth-order valence-corrected chi connectivity index (χ4v) is 5.28. The van der Waals surface area contributed by atoms with Crippen molar-refractivity contribution in [3.8, 4) is 29.0 Å². The summed E-state index contributed by atoms with van der Waals surface area (Å²) in [7, 11) is 0. The molecule has 0 radical (unpaired) electrons. The number of thiophene rings is 1. The number of nitriles is 2. The minimum atomic E-state index is -0.831. The molecule has 4 rings (SSSR count). The maximum absolute atomic E-state index is 13.1. The van der Waals surface area contributed by atoms with Gasteiger partial charge in [-0.25, -0.2) is 9.88 Å². The Morgan fingerprint density at radius 3 is 2.50 bits per heavy atom. The number of nitrogens with zero attached hydrogens (tertiary/aromatic N) is 4. The first kappa shape index (κ1) is 23.0. The normalized spacial score (nSPS) is 15.1. The van der Waals surface area contributed by atoms with Crippen molar-refractivity contribution in [2.45, 2.75) is 23.6 Å². The molecule has 2 N–H and O–H groups in total. The monoisotopic (exact) mass is 489 g/mol. The number of hydrogen-bond acceptors (Lipinski definition) is 10. The van der Waals surface area contributed by atoms with Crippen molar-refractivity contribution in [3.63, 3.8) is 0 Å². The maximum Gasteiger partial charge on any atom is 0.308 e. The van der Waals surface area contributed by atoms with Crippen LogP contribution in [0.5, 0.6) is 5.75 Å². The van der Waals surface area contributed by atoms with Gasteiger partial charge in [0.2, 0.25) is 11.8 Å². The quantitative estimate of drug-likeness (QED) is 0.323. The number of nitrogens with two attached hydrogens (primary N) is 1. The van der Waals surface area contributed by atoms with Gasteiger partial charge >= 0.3 is 5.97 Å². The standard InChI is InChI=1S/C23H15N5O4S2/c1-12(29)32-15-4-2-14(3-5-15)28-19(30)8-18(23(28)31)34-22-17(10-25)20(13-6-7-33-11-13)16(9-24)21(26)27-22/h2-7,11,18H,8H2,1H3,(H2,26,27). The van der Waals surface area contributed by atoms with Crippen LogP contribution in [0.3, 0.4) is 0 Å². The minimum Gasteiger partial charge on any atom is -0.427 e. The van der Waals surface area contributed by atoms with Gasteiger partial charge in [0.1, 0.15) is 34.3 Å². The van der Waals surface area contributed by atoms with E-state index in [1.54, 1.807) is 11.4 Å². The van der Waals surface area contributed by atoms with Crippen LogP contribution < -0.4 is 15.4 Å². The lowest BCUT2D eigenvalue weighted by Crippen LogP contribution is -2.31. The maximum atomic E-state index is 13.1. The van der Waals surface area contributed by atoms with Crippen LogP contribution in [-0.4, -0.2) is 28.0 Å². The summed E-state index contributed by atoms with van der Waals surface area (Å²) in [6.07, 6.45) is -0.102. The van der Waals surface area contributed by atoms with E-state index in [9.17, 15) is 24.9 Å². The molecule has 9 nitrogen and oxygen atoms in total. The highest BCUT2D eigenvalue weighted by Crippen LogP contribution is 2.40. The highest BCUT2D eigenvalue weighted by Gasteiger charge is 2.41. The lowest BCUT2D eigenvalue weighted by Gasteiger charge is -2.16. The van der Waals surface area contributed by atoms with Crippen LogP contribution in [0.1, 0.15) is 24.5 Å². The molecule has 3 aromatic rings. The first-order valence-corrected chi connectivity index (χ1v) is 11.6. The third-order valence-electron chi connectivity index (χ3n) is 4.94. The number of anilines is 2. The first-order chi connectivity index (χ1) is 16.3. The van der Waals surface area contributed by atoms with Crippen molar-refractivity contribution < 1.29 is 19.1 Å². The summed E-state index contributed by atoms with van der Waals surface area (Å²) in [4.78, 5) is 42.1. The molecule has 168 valence electrons. The first-order valence-electron chi connectivity index (χ1n) is 9.82. The molecule has 1 aliphatic heterocycles. The van der Waals surface area contributed by atoms with E-state index in [2.05, 4.69) is 11.1 Å². The van der Waals surface area contributed by atoms with E-state index in [4.69, 9.17) is 10.5 Å². The van der Waals surface area contributed by atoms with E-state index in [-0.39, 0.29) is 34.1 Å². The molecule has 11 heteroatoms. The number of thioether (sulfide) groups is 1. The van der Waals surface area contributed by atoms with Crippen LogP contribution >= 0.6 is 23.1 Å². The van der Waals surface area contributed by atoms with E-state index in [1.165, 1.54) is 42.5 Å². The molecule has 1 atom stereocenters. The summed E-state index contributed by atoms with van der Waals surface area (Å²) in [5.41, 5.74) is 7.57. The Kier molecular flexibility index (Phi) is 6.32. The summed E-state index contributed by atoms with van der Waals surface area (Å²) >= 11 is 2.37. The van der Waals surface area contributed by atoms with Crippen molar-refractivity contribution in [1.29, 1.82) is 10.5 Å². The molecule has 0 saturated carbocycles. The number of amides is 2. The number of nitrogen functional groups attached to an aromatic ring is 1. The number of esters is 1. The molecular weight excluding hydrogens is 474 g/mol. The predicted octanol–water partition coefficient (Wildman–Crippen LogP) is 3.49. The van der Waals surface area contributed by atoms with Gasteiger partial charge in [0.25, 0.3) is 0 Å². The van der Waals surface area contributed by atoms with E-state index < -0.39 is 23.0 Å². The molecule has 1 saturated heterocycles. The second-order valence-electron chi connectivity index (χ2n) is 7.13. The van der Waals surface area contributed by atoms with Crippen LogP contribution in [0.15, 0.2) is 46.1 Å². The third-order valence-corrected chi connectivity index (χ3v) is 6.80. The van der Waals surface area contributed by atoms with E-state index in [0.29, 0.717) is 16.8 Å². The number of carbonyl (C=O) groups excluding carboxylic acids is 3. The fourth-order valence-electron chi connectivity index (χ4n) is 3.51. The molecule has 0 aliphatic carbocycles. The van der Waals surface area contributed by atoms with Gasteiger partial charge in [-0.1, -0.05) is 11.8 Å². The molecule has 2 aromatic heterocycles. The van der Waals surface area contributed by atoms with Crippen LogP contribution in [0.2, 0.25) is 0 Å². The predicted molar refractivity (Wildman–Crippen MR) is 126 cm³/mol. The smallest absolute Gasteiger partial charge is 0.308 e.